The molecule has 0 amide bonds. The number of nitrogens with zero attached hydrogens (tertiary/aromatic N) is 3. The van der Waals surface area contributed by atoms with Crippen LogP contribution in [-0.4, -0.2) is 25.8 Å². The molecule has 6 nitrogen and oxygen atoms in total. The molecule has 0 unspecified atom stereocenters. The van der Waals surface area contributed by atoms with E-state index in [-0.39, 0.29) is 5.56 Å². The summed E-state index contributed by atoms with van der Waals surface area (Å²) in [5.41, 5.74) is 2.19. The van der Waals surface area contributed by atoms with Gasteiger partial charge in [0.05, 0.1) is 25.0 Å². The van der Waals surface area contributed by atoms with Crippen molar-refractivity contribution in [3.05, 3.63) is 77.7 Å². The fourth-order valence-corrected chi connectivity index (χ4v) is 2.06. The van der Waals surface area contributed by atoms with Gasteiger partial charge in [0.25, 0.3) is 0 Å². The van der Waals surface area contributed by atoms with Gasteiger partial charge in [-0.15, -0.1) is 0 Å². The lowest BCUT2D eigenvalue weighted by atomic mass is 10.2. The third-order valence-electron chi connectivity index (χ3n) is 3.25. The first-order valence-corrected chi connectivity index (χ1v) is 7.07. The topological polar surface area (TPSA) is 77.2 Å². The Kier molecular flexibility index (Phi) is 4.44. The molecular weight excluding hydrogens is 294 g/mol. The number of aromatic carboxylic acids is 1. The second-order valence-electron chi connectivity index (χ2n) is 4.98. The van der Waals surface area contributed by atoms with Gasteiger partial charge in [0.15, 0.2) is 5.82 Å². The number of hydrogen-bond acceptors (Lipinski definition) is 4. The van der Waals surface area contributed by atoms with Crippen LogP contribution in [0.25, 0.3) is 5.82 Å². The highest BCUT2D eigenvalue weighted by molar-refractivity contribution is 5.86. The Bertz CT molecular complexity index is 782. The lowest BCUT2D eigenvalue weighted by Crippen LogP contribution is -2.00. The van der Waals surface area contributed by atoms with Crippen LogP contribution in [0.5, 0.6) is 0 Å². The van der Waals surface area contributed by atoms with E-state index in [9.17, 15) is 4.79 Å². The van der Waals surface area contributed by atoms with E-state index >= 15 is 0 Å². The summed E-state index contributed by atoms with van der Waals surface area (Å²) in [6.45, 7) is 1.01. The predicted octanol–water partition coefficient (Wildman–Crippen LogP) is 2.68. The Morgan fingerprint density at radius 2 is 1.83 bits per heavy atom. The zero-order valence-electron chi connectivity index (χ0n) is 12.3. The van der Waals surface area contributed by atoms with Crippen molar-refractivity contribution in [3.63, 3.8) is 0 Å². The SMILES string of the molecule is O=C(O)c1cnn(-c2ccc(COCc3ccccc3)cn2)c1. The minimum absolute atomic E-state index is 0.127. The number of ether oxygens (including phenoxy) is 1. The summed E-state index contributed by atoms with van der Waals surface area (Å²) in [6.07, 6.45) is 4.42. The summed E-state index contributed by atoms with van der Waals surface area (Å²) in [7, 11) is 0. The van der Waals surface area contributed by atoms with Crippen molar-refractivity contribution in [3.8, 4) is 5.82 Å². The summed E-state index contributed by atoms with van der Waals surface area (Å²) >= 11 is 0. The normalized spacial score (nSPS) is 10.6. The average Bonchev–Trinajstić information content (AvgIpc) is 3.07. The number of rotatable bonds is 6. The van der Waals surface area contributed by atoms with Crippen LogP contribution in [0.3, 0.4) is 0 Å². The highest BCUT2D eigenvalue weighted by Gasteiger charge is 2.07. The van der Waals surface area contributed by atoms with E-state index in [0.717, 1.165) is 11.1 Å². The van der Waals surface area contributed by atoms with Gasteiger partial charge in [0, 0.05) is 12.4 Å². The van der Waals surface area contributed by atoms with E-state index in [1.807, 2.05) is 36.4 Å². The van der Waals surface area contributed by atoms with Crippen molar-refractivity contribution < 1.29 is 14.6 Å². The minimum Gasteiger partial charge on any atom is -0.478 e. The van der Waals surface area contributed by atoms with Crippen LogP contribution in [0.4, 0.5) is 0 Å². The molecule has 0 atom stereocenters. The van der Waals surface area contributed by atoms with Gasteiger partial charge < -0.3 is 9.84 Å². The zero-order chi connectivity index (χ0) is 16.1. The number of hydrogen-bond donors (Lipinski definition) is 1. The van der Waals surface area contributed by atoms with Crippen LogP contribution >= 0.6 is 0 Å². The summed E-state index contributed by atoms with van der Waals surface area (Å²) in [4.78, 5) is 15.1. The van der Waals surface area contributed by atoms with Crippen LogP contribution in [0.15, 0.2) is 61.1 Å². The van der Waals surface area contributed by atoms with Crippen molar-refractivity contribution in [1.82, 2.24) is 14.8 Å². The molecule has 0 saturated carbocycles. The van der Waals surface area contributed by atoms with Gasteiger partial charge in [-0.25, -0.2) is 14.5 Å². The second kappa shape index (κ2) is 6.85. The summed E-state index contributed by atoms with van der Waals surface area (Å²) in [5.74, 6) is -0.452. The lowest BCUT2D eigenvalue weighted by molar-refractivity contribution is 0.0697. The number of pyridine rings is 1. The van der Waals surface area contributed by atoms with E-state index in [4.69, 9.17) is 9.84 Å². The highest BCUT2D eigenvalue weighted by atomic mass is 16.5. The van der Waals surface area contributed by atoms with Gasteiger partial charge >= 0.3 is 5.97 Å². The molecule has 23 heavy (non-hydrogen) atoms. The molecule has 0 radical (unpaired) electrons. The maximum atomic E-state index is 10.8. The van der Waals surface area contributed by atoms with Crippen molar-refractivity contribution in [2.75, 3.05) is 0 Å². The molecule has 2 heterocycles. The highest BCUT2D eigenvalue weighted by Crippen LogP contribution is 2.09. The number of aromatic nitrogens is 3. The predicted molar refractivity (Wildman–Crippen MR) is 83.3 cm³/mol. The van der Waals surface area contributed by atoms with E-state index < -0.39 is 5.97 Å². The standard InChI is InChI=1S/C17H15N3O3/c21-17(22)15-9-19-20(10-15)16-7-6-14(8-18-16)12-23-11-13-4-2-1-3-5-13/h1-10H,11-12H2,(H,21,22). The summed E-state index contributed by atoms with van der Waals surface area (Å²) < 4.78 is 7.08. The third kappa shape index (κ3) is 3.81. The molecule has 0 saturated heterocycles. The van der Waals surface area contributed by atoms with Gasteiger partial charge in [-0.3, -0.25) is 0 Å². The van der Waals surface area contributed by atoms with Crippen LogP contribution in [0.2, 0.25) is 0 Å². The molecule has 6 heteroatoms. The Hall–Kier alpha value is -2.99. The summed E-state index contributed by atoms with van der Waals surface area (Å²) in [5, 5.41) is 12.9. The summed E-state index contributed by atoms with van der Waals surface area (Å²) in [6, 6.07) is 13.6. The van der Waals surface area contributed by atoms with Gasteiger partial charge in [0.2, 0.25) is 0 Å². The third-order valence-corrected chi connectivity index (χ3v) is 3.25. The number of carbonyl (C=O) groups is 1. The average molecular weight is 309 g/mol. The Balaban J connectivity index is 1.59. The van der Waals surface area contributed by atoms with Crippen molar-refractivity contribution in [1.29, 1.82) is 0 Å². The van der Waals surface area contributed by atoms with Crippen LogP contribution < -0.4 is 0 Å². The molecule has 0 aliphatic heterocycles. The smallest absolute Gasteiger partial charge is 0.338 e. The number of carboxylic acid groups (broad SMARTS) is 1. The molecular formula is C17H15N3O3. The van der Waals surface area contributed by atoms with Crippen molar-refractivity contribution in [2.45, 2.75) is 13.2 Å². The van der Waals surface area contributed by atoms with E-state index in [1.165, 1.54) is 17.1 Å². The monoisotopic (exact) mass is 309 g/mol. The lowest BCUT2D eigenvalue weighted by Gasteiger charge is -2.05. The molecule has 2 aromatic heterocycles. The second-order valence-corrected chi connectivity index (χ2v) is 4.98. The first-order valence-electron chi connectivity index (χ1n) is 7.07. The first-order chi connectivity index (χ1) is 11.2. The van der Waals surface area contributed by atoms with Crippen LogP contribution in [0, 0.1) is 0 Å². The minimum atomic E-state index is -1.01. The number of benzene rings is 1. The fourth-order valence-electron chi connectivity index (χ4n) is 2.06. The molecule has 0 bridgehead atoms. The van der Waals surface area contributed by atoms with Gasteiger partial charge in [-0.05, 0) is 17.2 Å². The van der Waals surface area contributed by atoms with Crippen LogP contribution in [0.1, 0.15) is 21.5 Å². The van der Waals surface area contributed by atoms with Gasteiger partial charge in [-0.2, -0.15) is 5.10 Å². The van der Waals surface area contributed by atoms with E-state index in [2.05, 4.69) is 10.1 Å². The van der Waals surface area contributed by atoms with E-state index in [1.54, 1.807) is 12.3 Å². The van der Waals surface area contributed by atoms with Gasteiger partial charge in [-0.1, -0.05) is 36.4 Å². The van der Waals surface area contributed by atoms with Crippen LogP contribution in [-0.2, 0) is 18.0 Å². The Morgan fingerprint density at radius 1 is 1.04 bits per heavy atom. The Labute approximate surface area is 133 Å². The van der Waals surface area contributed by atoms with E-state index in [0.29, 0.717) is 19.0 Å². The molecule has 0 aliphatic rings. The fraction of sp³-hybridized carbons (Fsp3) is 0.118. The molecule has 0 aliphatic carbocycles. The largest absolute Gasteiger partial charge is 0.478 e. The molecule has 3 rings (SSSR count). The van der Waals surface area contributed by atoms with Crippen molar-refractivity contribution in [2.24, 2.45) is 0 Å². The zero-order valence-corrected chi connectivity index (χ0v) is 12.3. The first kappa shape index (κ1) is 14.9. The Morgan fingerprint density at radius 3 is 2.48 bits per heavy atom. The molecule has 3 aromatic rings. The molecule has 1 N–H and O–H groups in total. The number of carboxylic acids is 1. The molecule has 0 spiro atoms. The molecule has 1 aromatic carbocycles. The molecule has 0 fully saturated rings. The van der Waals surface area contributed by atoms with Gasteiger partial charge in [0.1, 0.15) is 0 Å². The quantitative estimate of drug-likeness (QED) is 0.757. The maximum Gasteiger partial charge on any atom is 0.338 e. The molecule has 116 valence electrons. The van der Waals surface area contributed by atoms with Crippen molar-refractivity contribution >= 4 is 5.97 Å². The maximum absolute atomic E-state index is 10.8.